The number of aliphatic hydroxyl groups excluding tert-OH is 3. The maximum atomic E-state index is 13.7. The van der Waals surface area contributed by atoms with Gasteiger partial charge in [-0.1, -0.05) is 24.3 Å². The number of methoxy groups -OCH3 is 1. The second-order valence-corrected chi connectivity index (χ2v) is 12.9. The summed E-state index contributed by atoms with van der Waals surface area (Å²) < 4.78 is 23.4. The molecule has 264 valence electrons. The van der Waals surface area contributed by atoms with Gasteiger partial charge in [0.05, 0.1) is 49.6 Å². The molecule has 3 aliphatic heterocycles. The average Bonchev–Trinajstić information content (AvgIpc) is 3.68. The molecule has 0 saturated carbocycles. The highest BCUT2D eigenvalue weighted by Crippen LogP contribution is 2.43. The number of ketones is 1. The predicted molar refractivity (Wildman–Crippen MR) is 184 cm³/mol. The number of nitrogens with zero attached hydrogens (tertiary/aromatic N) is 2. The van der Waals surface area contributed by atoms with E-state index in [-0.39, 0.29) is 54.7 Å². The maximum absolute atomic E-state index is 13.7. The third-order valence-electron chi connectivity index (χ3n) is 9.65. The molecule has 5 N–H and O–H groups in total. The van der Waals surface area contributed by atoms with Crippen LogP contribution >= 0.6 is 0 Å². The lowest BCUT2D eigenvalue weighted by atomic mass is 9.87. The Morgan fingerprint density at radius 3 is 2.76 bits per heavy atom. The molecule has 1 aliphatic carbocycles. The van der Waals surface area contributed by atoms with E-state index in [2.05, 4.69) is 4.99 Å². The molecule has 13 nitrogen and oxygen atoms in total. The minimum atomic E-state index is -2.53. The number of aryl methyl sites for hydroxylation is 1. The summed E-state index contributed by atoms with van der Waals surface area (Å²) in [6.07, 6.45) is 2.56. The number of hydrogen-bond donors (Lipinski definition) is 5. The SMILES string of the molecule is COc1cc(O[C@@H]2O[C@H](COCC3=C4[CH+]C=CC=C4N=C3)[C@@H](O)[C@H](O)[C@]2(O)CO)c2c(O)c(C(=O)CN3Cc4ccccc4C3=O)c(C)cc2c1. The van der Waals surface area contributed by atoms with Crippen molar-refractivity contribution < 1.29 is 54.1 Å². The van der Waals surface area contributed by atoms with Gasteiger partial charge in [-0.3, -0.25) is 9.59 Å². The Hall–Kier alpha value is -5.02. The number of aromatic hydroxyl groups is 1. The average molecular weight is 698 g/mol. The topological polar surface area (TPSA) is 188 Å². The monoisotopic (exact) mass is 697 g/mol. The first-order valence-corrected chi connectivity index (χ1v) is 16.4. The van der Waals surface area contributed by atoms with Gasteiger partial charge in [-0.25, -0.2) is 0 Å². The number of ether oxygens (including phenoxy) is 4. The molecule has 3 heterocycles. The molecule has 0 unspecified atom stereocenters. The summed E-state index contributed by atoms with van der Waals surface area (Å²) in [6.45, 7) is 0.407. The zero-order valence-electron chi connectivity index (χ0n) is 27.9. The highest BCUT2D eigenvalue weighted by atomic mass is 16.7. The van der Waals surface area contributed by atoms with Crippen molar-refractivity contribution in [2.24, 2.45) is 4.99 Å². The fourth-order valence-electron chi connectivity index (χ4n) is 6.87. The lowest BCUT2D eigenvalue weighted by Crippen LogP contribution is -2.69. The van der Waals surface area contributed by atoms with Crippen molar-refractivity contribution in [3.8, 4) is 17.2 Å². The maximum Gasteiger partial charge on any atom is 0.254 e. The zero-order chi connectivity index (χ0) is 36.0. The van der Waals surface area contributed by atoms with Crippen LogP contribution in [0, 0.1) is 13.3 Å². The quantitative estimate of drug-likeness (QED) is 0.146. The van der Waals surface area contributed by atoms with E-state index in [1.54, 1.807) is 37.4 Å². The number of amides is 1. The van der Waals surface area contributed by atoms with E-state index in [0.29, 0.717) is 16.5 Å². The Labute approximate surface area is 293 Å². The molecule has 0 radical (unpaired) electrons. The van der Waals surface area contributed by atoms with E-state index >= 15 is 0 Å². The fraction of sp³-hybridized carbons (Fsp3) is 0.316. The normalized spacial score (nSPS) is 25.2. The summed E-state index contributed by atoms with van der Waals surface area (Å²) in [5.41, 5.74) is 1.67. The number of benzene rings is 3. The number of allylic oxidation sites excluding steroid dienone is 4. The summed E-state index contributed by atoms with van der Waals surface area (Å²) in [5.74, 6) is -1.08. The number of carbonyl (C=O) groups is 2. The van der Waals surface area contributed by atoms with Crippen molar-refractivity contribution in [2.45, 2.75) is 43.7 Å². The van der Waals surface area contributed by atoms with Crippen LogP contribution in [0.3, 0.4) is 0 Å². The predicted octanol–water partition coefficient (Wildman–Crippen LogP) is 2.31. The Morgan fingerprint density at radius 2 is 2.00 bits per heavy atom. The van der Waals surface area contributed by atoms with Gasteiger partial charge in [-0.05, 0) is 35.6 Å². The molecule has 5 atom stereocenters. The van der Waals surface area contributed by atoms with Gasteiger partial charge in [0.25, 0.3) is 5.91 Å². The van der Waals surface area contributed by atoms with Crippen LogP contribution in [-0.4, -0.2) is 112 Å². The summed E-state index contributed by atoms with van der Waals surface area (Å²) in [5, 5.41) is 55.8. The van der Waals surface area contributed by atoms with Gasteiger partial charge >= 0.3 is 0 Å². The second-order valence-electron chi connectivity index (χ2n) is 12.9. The van der Waals surface area contributed by atoms with Gasteiger partial charge in [0.1, 0.15) is 47.7 Å². The Bertz CT molecular complexity index is 2040. The van der Waals surface area contributed by atoms with Crippen LogP contribution in [-0.2, 0) is 16.0 Å². The summed E-state index contributed by atoms with van der Waals surface area (Å²) >= 11 is 0. The third-order valence-corrected chi connectivity index (χ3v) is 9.65. The minimum Gasteiger partial charge on any atom is -0.506 e. The molecular weight excluding hydrogens is 660 g/mol. The second kappa shape index (κ2) is 13.6. The van der Waals surface area contributed by atoms with Gasteiger partial charge in [0.2, 0.25) is 6.29 Å². The molecule has 51 heavy (non-hydrogen) atoms. The zero-order valence-corrected chi connectivity index (χ0v) is 27.9. The summed E-state index contributed by atoms with van der Waals surface area (Å²) in [4.78, 5) is 32.5. The molecule has 13 heteroatoms. The van der Waals surface area contributed by atoms with Crippen molar-refractivity contribution >= 4 is 28.7 Å². The molecule has 1 saturated heterocycles. The number of fused-ring (bicyclic) bond motifs is 3. The van der Waals surface area contributed by atoms with Crippen LogP contribution in [0.1, 0.15) is 31.8 Å². The number of hydrogen-bond acceptors (Lipinski definition) is 12. The van der Waals surface area contributed by atoms with E-state index in [1.165, 1.54) is 18.1 Å². The first-order valence-electron chi connectivity index (χ1n) is 16.4. The molecule has 1 fully saturated rings. The van der Waals surface area contributed by atoms with Gasteiger partial charge < -0.3 is 49.4 Å². The first kappa shape index (κ1) is 34.4. The van der Waals surface area contributed by atoms with Gasteiger partial charge in [0.15, 0.2) is 17.1 Å². The fourth-order valence-corrected chi connectivity index (χ4v) is 6.87. The Balaban J connectivity index is 1.17. The molecule has 0 aromatic heterocycles. The van der Waals surface area contributed by atoms with Crippen molar-refractivity contribution in [2.75, 3.05) is 33.5 Å². The van der Waals surface area contributed by atoms with Crippen LogP contribution in [0.2, 0.25) is 0 Å². The van der Waals surface area contributed by atoms with E-state index in [0.717, 1.165) is 22.4 Å². The highest BCUT2D eigenvalue weighted by molar-refractivity contribution is 6.10. The molecule has 3 aromatic rings. The number of aliphatic hydroxyl groups is 4. The molecule has 0 bridgehead atoms. The van der Waals surface area contributed by atoms with Crippen molar-refractivity contribution in [1.29, 1.82) is 0 Å². The lowest BCUT2D eigenvalue weighted by Gasteiger charge is -2.47. The smallest absolute Gasteiger partial charge is 0.254 e. The Kier molecular flexibility index (Phi) is 9.18. The number of Topliss-reactive ketones (excluding diaryl/α,β-unsaturated/α-hetero) is 1. The molecule has 0 spiro atoms. The summed E-state index contributed by atoms with van der Waals surface area (Å²) in [7, 11) is 1.42. The number of carbonyl (C=O) groups excluding carboxylic acids is 2. The minimum absolute atomic E-state index is 0.0421. The van der Waals surface area contributed by atoms with Gasteiger partial charge in [-0.2, -0.15) is 4.99 Å². The molecule has 4 aliphatic rings. The van der Waals surface area contributed by atoms with Crippen LogP contribution in [0.5, 0.6) is 17.2 Å². The van der Waals surface area contributed by atoms with E-state index in [1.807, 2.05) is 36.8 Å². The Morgan fingerprint density at radius 1 is 1.20 bits per heavy atom. The largest absolute Gasteiger partial charge is 0.506 e. The lowest BCUT2D eigenvalue weighted by molar-refractivity contribution is -0.328. The van der Waals surface area contributed by atoms with Gasteiger partial charge in [-0.15, -0.1) is 0 Å². The van der Waals surface area contributed by atoms with E-state index < -0.39 is 48.3 Å². The van der Waals surface area contributed by atoms with E-state index in [4.69, 9.17) is 18.9 Å². The van der Waals surface area contributed by atoms with Crippen LogP contribution in [0.4, 0.5) is 0 Å². The first-order chi connectivity index (χ1) is 24.5. The van der Waals surface area contributed by atoms with Crippen molar-refractivity contribution in [3.05, 3.63) is 106 Å². The van der Waals surface area contributed by atoms with E-state index in [9.17, 15) is 35.1 Å². The number of phenolic OH excluding ortho intramolecular Hbond substituents is 1. The van der Waals surface area contributed by atoms with Crippen LogP contribution < -0.4 is 9.47 Å². The number of phenols is 1. The molecule has 3 aromatic carbocycles. The summed E-state index contributed by atoms with van der Waals surface area (Å²) in [6, 6.07) is 11.8. The van der Waals surface area contributed by atoms with Crippen LogP contribution in [0.15, 0.2) is 82.5 Å². The third kappa shape index (κ3) is 6.07. The van der Waals surface area contributed by atoms with Gasteiger partial charge in [0, 0.05) is 42.8 Å². The number of rotatable bonds is 11. The van der Waals surface area contributed by atoms with Crippen LogP contribution in [0.25, 0.3) is 10.8 Å². The highest BCUT2D eigenvalue weighted by Gasteiger charge is 2.56. The standard InChI is InChI=1S/C38H36N2O11/c1-20-11-22-12-24(48-2)13-29(32(22)34(44)31(20)28(42)16-40-15-21-7-3-4-9-26(21)36(40)46)50-37-38(47,19-41)35(45)33(43)30(51-37)18-49-17-23-14-39-27-10-6-5-8-25(23)27/h3-14,30,33,35,37,41,43,45,47H,15-19H2,1-2H3/p+1/t30-,33-,35+,37-,38-/m1/s1. The molecular formula is C38H37N2O11+. The van der Waals surface area contributed by atoms with Crippen molar-refractivity contribution in [1.82, 2.24) is 4.90 Å². The van der Waals surface area contributed by atoms with Crippen molar-refractivity contribution in [3.63, 3.8) is 0 Å². The molecule has 1 amide bonds. The molecule has 7 rings (SSSR count). The number of aliphatic imine (C=N–C) groups is 1.